The molecule has 0 aliphatic carbocycles. The van der Waals surface area contributed by atoms with E-state index in [1.54, 1.807) is 11.8 Å². The third kappa shape index (κ3) is 3.47. The summed E-state index contributed by atoms with van der Waals surface area (Å²) in [4.78, 5) is 27.0. The van der Waals surface area contributed by atoms with Crippen molar-refractivity contribution in [1.29, 1.82) is 0 Å². The van der Waals surface area contributed by atoms with E-state index in [-0.39, 0.29) is 40.2 Å². The number of alkyl halides is 3. The number of benzene rings is 1. The van der Waals surface area contributed by atoms with Crippen molar-refractivity contribution in [3.05, 3.63) is 69.8 Å². The molecule has 33 heavy (non-hydrogen) atoms. The molecule has 2 aliphatic heterocycles. The molecule has 1 atom stereocenters. The molecule has 5 rings (SSSR count). The third-order valence-electron chi connectivity index (χ3n) is 5.54. The van der Waals surface area contributed by atoms with Gasteiger partial charge in [0.2, 0.25) is 5.82 Å². The van der Waals surface area contributed by atoms with Crippen molar-refractivity contribution in [2.75, 3.05) is 13.1 Å². The van der Waals surface area contributed by atoms with Crippen LogP contribution in [0.4, 0.5) is 17.6 Å². The number of fused-ring (bicyclic) bond motifs is 3. The molecule has 2 aromatic heterocycles. The van der Waals surface area contributed by atoms with Gasteiger partial charge >= 0.3 is 6.18 Å². The van der Waals surface area contributed by atoms with E-state index in [1.807, 2.05) is 0 Å². The average Bonchev–Trinajstić information content (AvgIpc) is 3.11. The minimum Gasteiger partial charge on any atom is -0.336 e. The molecule has 170 valence electrons. The number of rotatable bonds is 2. The Hall–Kier alpha value is -3.34. The SMILES string of the molecule is C[C@@H]1N=C(c2ncccc2F)c2c(ccc(C(F)(F)F)c2Cl)-n2nc(C(=O)N3CCC3)nc21. The number of aromatic nitrogens is 4. The zero-order chi connectivity index (χ0) is 23.5. The van der Waals surface area contributed by atoms with E-state index in [0.29, 0.717) is 13.1 Å². The van der Waals surface area contributed by atoms with Gasteiger partial charge in [-0.1, -0.05) is 11.6 Å². The number of pyridine rings is 1. The van der Waals surface area contributed by atoms with Crippen LogP contribution in [0, 0.1) is 5.82 Å². The Morgan fingerprint density at radius 3 is 2.61 bits per heavy atom. The lowest BCUT2D eigenvalue weighted by atomic mass is 10.0. The number of carbonyl (C=O) groups excluding carboxylic acids is 1. The molecule has 1 saturated heterocycles. The maximum absolute atomic E-state index is 14.7. The maximum atomic E-state index is 14.7. The molecule has 7 nitrogen and oxygen atoms in total. The fourth-order valence-corrected chi connectivity index (χ4v) is 4.12. The summed E-state index contributed by atoms with van der Waals surface area (Å²) >= 11 is 6.26. The molecule has 1 aromatic carbocycles. The maximum Gasteiger partial charge on any atom is 0.417 e. The molecule has 0 N–H and O–H groups in total. The number of amides is 1. The molecule has 0 bridgehead atoms. The minimum atomic E-state index is -4.76. The first kappa shape index (κ1) is 21.5. The van der Waals surface area contributed by atoms with Crippen LogP contribution in [0.1, 0.15) is 52.7 Å². The lowest BCUT2D eigenvalue weighted by Crippen LogP contribution is -2.42. The number of likely N-dealkylation sites (tertiary alicyclic amines) is 1. The number of carbonyl (C=O) groups is 1. The van der Waals surface area contributed by atoms with Gasteiger partial charge in [0.1, 0.15) is 11.7 Å². The highest BCUT2D eigenvalue weighted by Crippen LogP contribution is 2.41. The topological polar surface area (TPSA) is 76.3 Å². The predicted molar refractivity (Wildman–Crippen MR) is 110 cm³/mol. The quantitative estimate of drug-likeness (QED) is 0.516. The molecular weight excluding hydrogens is 464 g/mol. The van der Waals surface area contributed by atoms with Crippen LogP contribution in [0.25, 0.3) is 5.69 Å². The summed E-state index contributed by atoms with van der Waals surface area (Å²) in [5, 5.41) is 3.60. The van der Waals surface area contributed by atoms with Crippen LogP contribution in [0.15, 0.2) is 35.5 Å². The second kappa shape index (κ2) is 7.62. The largest absolute Gasteiger partial charge is 0.417 e. The minimum absolute atomic E-state index is 0.0892. The Morgan fingerprint density at radius 2 is 1.97 bits per heavy atom. The zero-order valence-corrected chi connectivity index (χ0v) is 17.8. The summed E-state index contributed by atoms with van der Waals surface area (Å²) in [7, 11) is 0. The van der Waals surface area contributed by atoms with E-state index in [1.165, 1.54) is 16.9 Å². The summed E-state index contributed by atoms with van der Waals surface area (Å²) in [6.45, 7) is 2.78. The molecule has 1 amide bonds. The smallest absolute Gasteiger partial charge is 0.336 e. The van der Waals surface area contributed by atoms with Crippen LogP contribution in [0.5, 0.6) is 0 Å². The number of aliphatic imine (C=N–C) groups is 1. The van der Waals surface area contributed by atoms with E-state index >= 15 is 0 Å². The summed E-state index contributed by atoms with van der Waals surface area (Å²) in [5.41, 5.74) is -1.63. The van der Waals surface area contributed by atoms with Crippen LogP contribution in [-0.4, -0.2) is 49.4 Å². The summed E-state index contributed by atoms with van der Waals surface area (Å²) < 4.78 is 56.8. The summed E-state index contributed by atoms with van der Waals surface area (Å²) in [5.74, 6) is -1.04. The van der Waals surface area contributed by atoms with E-state index in [4.69, 9.17) is 11.6 Å². The second-order valence-corrected chi connectivity index (χ2v) is 8.04. The van der Waals surface area contributed by atoms with Gasteiger partial charge in [-0.15, -0.1) is 5.10 Å². The van der Waals surface area contributed by atoms with Crippen molar-refractivity contribution in [1.82, 2.24) is 24.6 Å². The molecule has 0 saturated carbocycles. The van der Waals surface area contributed by atoms with E-state index in [2.05, 4.69) is 20.1 Å². The number of halogens is 5. The Bertz CT molecular complexity index is 1310. The first-order valence-electron chi connectivity index (χ1n) is 10.0. The standard InChI is InChI=1S/C21H15ClF4N6O/c1-10-19-29-18(20(33)31-8-3-9-31)30-32(19)13-6-5-11(21(24,25)26)15(22)14(13)17(28-10)16-12(23)4-2-7-27-16/h2,4-7,10H,3,8-9H2,1H3/t10-/m0/s1. The molecule has 0 radical (unpaired) electrons. The van der Waals surface area contributed by atoms with Gasteiger partial charge < -0.3 is 4.90 Å². The molecule has 3 aromatic rings. The third-order valence-corrected chi connectivity index (χ3v) is 5.93. The molecule has 0 unspecified atom stereocenters. The van der Waals surface area contributed by atoms with Crippen molar-refractivity contribution in [3.63, 3.8) is 0 Å². The Morgan fingerprint density at radius 1 is 1.21 bits per heavy atom. The van der Waals surface area contributed by atoms with Crippen molar-refractivity contribution in [3.8, 4) is 5.69 Å². The number of nitrogens with zero attached hydrogens (tertiary/aromatic N) is 6. The van der Waals surface area contributed by atoms with Crippen LogP contribution in [0.3, 0.4) is 0 Å². The fraction of sp³-hybridized carbons (Fsp3) is 0.286. The van der Waals surface area contributed by atoms with Gasteiger partial charge in [0, 0.05) is 24.8 Å². The Labute approximate surface area is 189 Å². The van der Waals surface area contributed by atoms with Crippen LogP contribution in [0.2, 0.25) is 5.02 Å². The summed E-state index contributed by atoms with van der Waals surface area (Å²) in [6, 6.07) is 3.67. The van der Waals surface area contributed by atoms with Gasteiger partial charge in [-0.05, 0) is 37.6 Å². The van der Waals surface area contributed by atoms with Gasteiger partial charge in [-0.3, -0.25) is 14.8 Å². The van der Waals surface area contributed by atoms with E-state index < -0.39 is 28.6 Å². The van der Waals surface area contributed by atoms with Gasteiger partial charge in [-0.2, -0.15) is 13.2 Å². The molecule has 0 spiro atoms. The van der Waals surface area contributed by atoms with Crippen LogP contribution >= 0.6 is 11.6 Å². The van der Waals surface area contributed by atoms with Crippen LogP contribution < -0.4 is 0 Å². The molecule has 2 aliphatic rings. The van der Waals surface area contributed by atoms with E-state index in [9.17, 15) is 22.4 Å². The molecule has 12 heteroatoms. The van der Waals surface area contributed by atoms with E-state index in [0.717, 1.165) is 24.6 Å². The van der Waals surface area contributed by atoms with Crippen molar-refractivity contribution in [2.45, 2.75) is 25.6 Å². The zero-order valence-electron chi connectivity index (χ0n) is 17.1. The number of hydrogen-bond donors (Lipinski definition) is 0. The number of hydrogen-bond acceptors (Lipinski definition) is 5. The Kier molecular flexibility index (Phi) is 4.96. The highest BCUT2D eigenvalue weighted by atomic mass is 35.5. The second-order valence-electron chi connectivity index (χ2n) is 7.66. The molecule has 1 fully saturated rings. The molecule has 4 heterocycles. The van der Waals surface area contributed by atoms with Gasteiger partial charge in [0.25, 0.3) is 5.91 Å². The van der Waals surface area contributed by atoms with Gasteiger partial charge in [-0.25, -0.2) is 14.1 Å². The summed E-state index contributed by atoms with van der Waals surface area (Å²) in [6.07, 6.45) is -2.59. The normalized spacial score (nSPS) is 17.6. The lowest BCUT2D eigenvalue weighted by Gasteiger charge is -2.29. The Balaban J connectivity index is 1.78. The van der Waals surface area contributed by atoms with Gasteiger partial charge in [0.15, 0.2) is 11.6 Å². The highest BCUT2D eigenvalue weighted by Gasteiger charge is 2.38. The first-order chi connectivity index (χ1) is 15.7. The van der Waals surface area contributed by atoms with Crippen molar-refractivity contribution < 1.29 is 22.4 Å². The van der Waals surface area contributed by atoms with Crippen molar-refractivity contribution >= 4 is 23.2 Å². The van der Waals surface area contributed by atoms with Gasteiger partial charge in [0.05, 0.1) is 22.0 Å². The predicted octanol–water partition coefficient (Wildman–Crippen LogP) is 4.23. The van der Waals surface area contributed by atoms with Crippen LogP contribution in [-0.2, 0) is 6.18 Å². The first-order valence-corrected chi connectivity index (χ1v) is 10.4. The average molecular weight is 479 g/mol. The molecular formula is C21H15ClF4N6O. The lowest BCUT2D eigenvalue weighted by molar-refractivity contribution is -0.137. The van der Waals surface area contributed by atoms with Crippen molar-refractivity contribution in [2.24, 2.45) is 4.99 Å². The fourth-order valence-electron chi connectivity index (χ4n) is 3.77. The highest BCUT2D eigenvalue weighted by molar-refractivity contribution is 6.37. The monoisotopic (exact) mass is 478 g/mol.